The van der Waals surface area contributed by atoms with E-state index in [1.54, 1.807) is 12.1 Å². The van der Waals surface area contributed by atoms with Crippen LogP contribution in [0, 0.1) is 6.92 Å². The average Bonchev–Trinajstić information content (AvgIpc) is 3.54. The number of aliphatic hydroxyl groups excluding tert-OH is 2. The number of amides is 1. The molecule has 4 aromatic carbocycles. The number of aryl methyl sites for hydroxylation is 1. The Morgan fingerprint density at radius 2 is 1.56 bits per heavy atom. The van der Waals surface area contributed by atoms with Gasteiger partial charge in [-0.25, -0.2) is 8.42 Å². The topological polar surface area (TPSA) is 137 Å². The second-order valence-corrected chi connectivity index (χ2v) is 14.9. The normalized spacial score (nSPS) is 21.9. The number of nitrogens with one attached hydrogen (secondary N) is 2. The number of benzene rings is 4. The average molecular weight is 700 g/mol. The van der Waals surface area contributed by atoms with Crippen LogP contribution in [0.1, 0.15) is 58.6 Å². The number of nitrogens with zero attached hydrogens (tertiary/aromatic N) is 1. The fraction of sp³-hybridized carbons (Fsp3) is 0.359. The van der Waals surface area contributed by atoms with E-state index in [4.69, 9.17) is 9.47 Å². The molecule has 4 aromatic rings. The Morgan fingerprint density at radius 3 is 2.22 bits per heavy atom. The molecule has 10 nitrogen and oxygen atoms in total. The van der Waals surface area contributed by atoms with E-state index in [0.717, 1.165) is 46.3 Å². The van der Waals surface area contributed by atoms with Crippen molar-refractivity contribution in [3.05, 3.63) is 137 Å². The summed E-state index contributed by atoms with van der Waals surface area (Å²) in [7, 11) is -3.95. The number of hydrogen-bond acceptors (Lipinski definition) is 8. The van der Waals surface area contributed by atoms with E-state index in [1.165, 1.54) is 12.1 Å². The highest BCUT2D eigenvalue weighted by atomic mass is 32.2. The monoisotopic (exact) mass is 699 g/mol. The summed E-state index contributed by atoms with van der Waals surface area (Å²) < 4.78 is 42.1. The number of likely N-dealkylation sites (tertiary alicyclic amines) is 1. The summed E-state index contributed by atoms with van der Waals surface area (Å²) >= 11 is 0. The molecular weight excluding hydrogens is 655 g/mol. The third-order valence-electron chi connectivity index (χ3n) is 9.27. The van der Waals surface area contributed by atoms with Gasteiger partial charge in [-0.3, -0.25) is 9.69 Å². The first-order valence-corrected chi connectivity index (χ1v) is 18.5. The predicted octanol–water partition coefficient (Wildman–Crippen LogP) is 4.31. The van der Waals surface area contributed by atoms with E-state index in [2.05, 4.69) is 14.9 Å². The van der Waals surface area contributed by atoms with Gasteiger partial charge in [-0.1, -0.05) is 96.6 Å². The Labute approximate surface area is 294 Å². The molecule has 0 bridgehead atoms. The maximum atomic E-state index is 13.5. The standard InChI is InChI=1S/C39H45N3O7S/c1-27-7-17-35(18-8-27)50(46,47)41-36(21-28-5-3-2-4-6-28)38(45)40-23-29-9-15-32(16-10-29)39-48-34(25-42-20-19-33(44)24-42)22-37(49-39)31-13-11-30(26-43)12-14-31/h2-18,33-34,36-37,39,41,43-44H,19-26H2,1H3,(H,40,45)/t33-,34+,36+,37-,39-/m0/s1. The Kier molecular flexibility index (Phi) is 11.8. The first-order chi connectivity index (χ1) is 24.1. The maximum Gasteiger partial charge on any atom is 0.241 e. The van der Waals surface area contributed by atoms with Crippen LogP contribution in [0.25, 0.3) is 0 Å². The number of carbonyl (C=O) groups is 1. The minimum absolute atomic E-state index is 0.0268. The molecule has 2 saturated heterocycles. The van der Waals surface area contributed by atoms with Gasteiger partial charge >= 0.3 is 0 Å². The molecule has 50 heavy (non-hydrogen) atoms. The van der Waals surface area contributed by atoms with E-state index in [0.29, 0.717) is 19.5 Å². The van der Waals surface area contributed by atoms with Crippen LogP contribution in [-0.2, 0) is 43.9 Å². The van der Waals surface area contributed by atoms with Gasteiger partial charge in [0.2, 0.25) is 15.9 Å². The van der Waals surface area contributed by atoms with Gasteiger partial charge in [-0.15, -0.1) is 0 Å². The first kappa shape index (κ1) is 35.9. The molecule has 1 amide bonds. The van der Waals surface area contributed by atoms with Crippen LogP contribution in [0.15, 0.2) is 108 Å². The number of ether oxygens (including phenoxy) is 2. The number of rotatable bonds is 13. The van der Waals surface area contributed by atoms with Crippen molar-refractivity contribution in [2.45, 2.75) is 74.9 Å². The molecular formula is C39H45N3O7S. The second kappa shape index (κ2) is 16.4. The fourth-order valence-electron chi connectivity index (χ4n) is 6.41. The molecule has 11 heteroatoms. The molecule has 6 rings (SSSR count). The smallest absolute Gasteiger partial charge is 0.241 e. The Balaban J connectivity index is 1.13. The molecule has 4 N–H and O–H groups in total. The summed E-state index contributed by atoms with van der Waals surface area (Å²) in [5, 5.41) is 22.5. The second-order valence-electron chi connectivity index (χ2n) is 13.2. The van der Waals surface area contributed by atoms with Crippen LogP contribution >= 0.6 is 0 Å². The minimum atomic E-state index is -3.95. The van der Waals surface area contributed by atoms with Crippen LogP contribution in [0.3, 0.4) is 0 Å². The van der Waals surface area contributed by atoms with Crippen molar-refractivity contribution in [2.75, 3.05) is 19.6 Å². The lowest BCUT2D eigenvalue weighted by Crippen LogP contribution is -2.47. The molecule has 0 spiro atoms. The van der Waals surface area contributed by atoms with Crippen molar-refractivity contribution >= 4 is 15.9 Å². The SMILES string of the molecule is Cc1ccc(S(=O)(=O)N[C@H](Cc2ccccc2)C(=O)NCc2ccc([C@H]3O[C@@H](CN4CC[C@H](O)C4)C[C@@H](c4ccc(CO)cc4)O3)cc2)cc1. The van der Waals surface area contributed by atoms with Crippen LogP contribution < -0.4 is 10.0 Å². The van der Waals surface area contributed by atoms with E-state index in [-0.39, 0.29) is 42.8 Å². The summed E-state index contributed by atoms with van der Waals surface area (Å²) in [6.07, 6.45) is 0.315. The van der Waals surface area contributed by atoms with Gasteiger partial charge in [0, 0.05) is 38.2 Å². The highest BCUT2D eigenvalue weighted by molar-refractivity contribution is 7.89. The number of sulfonamides is 1. The Hall–Kier alpha value is -3.94. The quantitative estimate of drug-likeness (QED) is 0.162. The lowest BCUT2D eigenvalue weighted by atomic mass is 9.99. The Bertz CT molecular complexity index is 1800. The molecule has 264 valence electrons. The largest absolute Gasteiger partial charge is 0.392 e. The van der Waals surface area contributed by atoms with Gasteiger partial charge in [0.05, 0.1) is 29.8 Å². The summed E-state index contributed by atoms with van der Waals surface area (Å²) in [6, 6.07) is 30.2. The molecule has 0 saturated carbocycles. The minimum Gasteiger partial charge on any atom is -0.392 e. The number of hydrogen-bond donors (Lipinski definition) is 4. The highest BCUT2D eigenvalue weighted by Gasteiger charge is 2.34. The molecule has 2 fully saturated rings. The molecule has 0 unspecified atom stereocenters. The summed E-state index contributed by atoms with van der Waals surface area (Å²) in [5.74, 6) is -0.433. The van der Waals surface area contributed by atoms with Gasteiger partial charge < -0.3 is 25.0 Å². The van der Waals surface area contributed by atoms with Gasteiger partial charge in [-0.2, -0.15) is 4.72 Å². The first-order valence-electron chi connectivity index (χ1n) is 17.1. The number of β-amino-alcohol motifs (C(OH)–C–C–N with tert-alkyl or cyclic N) is 1. The van der Waals surface area contributed by atoms with E-state index < -0.39 is 28.3 Å². The van der Waals surface area contributed by atoms with E-state index >= 15 is 0 Å². The lowest BCUT2D eigenvalue weighted by Gasteiger charge is -2.37. The van der Waals surface area contributed by atoms with Crippen molar-refractivity contribution in [2.24, 2.45) is 0 Å². The molecule has 2 aliphatic heterocycles. The van der Waals surface area contributed by atoms with Gasteiger partial charge in [0.15, 0.2) is 6.29 Å². The zero-order valence-electron chi connectivity index (χ0n) is 28.1. The molecule has 2 heterocycles. The Morgan fingerprint density at radius 1 is 0.880 bits per heavy atom. The summed E-state index contributed by atoms with van der Waals surface area (Å²) in [5.41, 5.74) is 5.26. The maximum absolute atomic E-state index is 13.5. The zero-order valence-corrected chi connectivity index (χ0v) is 29.0. The van der Waals surface area contributed by atoms with Crippen molar-refractivity contribution in [1.29, 1.82) is 0 Å². The summed E-state index contributed by atoms with van der Waals surface area (Å²) in [4.78, 5) is 15.8. The molecule has 0 aliphatic carbocycles. The van der Waals surface area contributed by atoms with Gasteiger partial charge in [0.1, 0.15) is 6.04 Å². The molecule has 0 radical (unpaired) electrons. The van der Waals surface area contributed by atoms with Crippen molar-refractivity contribution in [3.8, 4) is 0 Å². The highest BCUT2D eigenvalue weighted by Crippen LogP contribution is 2.38. The lowest BCUT2D eigenvalue weighted by molar-refractivity contribution is -0.252. The van der Waals surface area contributed by atoms with E-state index in [1.807, 2.05) is 85.8 Å². The molecule has 0 aromatic heterocycles. The van der Waals surface area contributed by atoms with Crippen LogP contribution in [0.2, 0.25) is 0 Å². The third-order valence-corrected chi connectivity index (χ3v) is 10.8. The zero-order chi connectivity index (χ0) is 35.1. The van der Waals surface area contributed by atoms with Crippen molar-refractivity contribution in [3.63, 3.8) is 0 Å². The van der Waals surface area contributed by atoms with Crippen molar-refractivity contribution in [1.82, 2.24) is 14.9 Å². The van der Waals surface area contributed by atoms with Crippen LogP contribution in [-0.4, -0.2) is 67.3 Å². The van der Waals surface area contributed by atoms with E-state index in [9.17, 15) is 23.4 Å². The predicted molar refractivity (Wildman–Crippen MR) is 189 cm³/mol. The number of aliphatic hydroxyl groups is 2. The third kappa shape index (κ3) is 9.43. The fourth-order valence-corrected chi connectivity index (χ4v) is 7.61. The molecule has 5 atom stereocenters. The van der Waals surface area contributed by atoms with Crippen LogP contribution in [0.4, 0.5) is 0 Å². The van der Waals surface area contributed by atoms with Crippen LogP contribution in [0.5, 0.6) is 0 Å². The van der Waals surface area contributed by atoms with Gasteiger partial charge in [0.25, 0.3) is 0 Å². The van der Waals surface area contributed by atoms with Crippen molar-refractivity contribution < 1.29 is 32.9 Å². The number of carbonyl (C=O) groups excluding carboxylic acids is 1. The summed E-state index contributed by atoms with van der Waals surface area (Å²) in [6.45, 7) is 4.18. The van der Waals surface area contributed by atoms with Gasteiger partial charge in [-0.05, 0) is 54.2 Å². The molecule has 2 aliphatic rings.